The third-order valence-corrected chi connectivity index (χ3v) is 3.24. The number of benzene rings is 1. The Morgan fingerprint density at radius 1 is 1.33 bits per heavy atom. The van der Waals surface area contributed by atoms with Crippen LogP contribution in [-0.2, 0) is 0 Å². The molecular weight excluding hydrogens is 253 g/mol. The van der Waals surface area contributed by atoms with Crippen molar-refractivity contribution in [2.24, 2.45) is 0 Å². The number of halogens is 2. The summed E-state index contributed by atoms with van der Waals surface area (Å²) in [6, 6.07) is 8.59. The topological polar surface area (TPSA) is 25.2 Å². The van der Waals surface area contributed by atoms with Crippen molar-refractivity contribution in [3.63, 3.8) is 0 Å². The number of nitrogens with one attached hydrogen (secondary N) is 1. The molecule has 0 radical (unpaired) electrons. The van der Waals surface area contributed by atoms with Gasteiger partial charge in [0.05, 0.1) is 11.1 Å². The molecule has 1 heterocycles. The van der Waals surface area contributed by atoms with Gasteiger partial charge in [0.2, 0.25) is 0 Å². The van der Waals surface area contributed by atoms with Gasteiger partial charge in [-0.2, -0.15) is 0 Å². The lowest BCUT2D eigenvalue weighted by Gasteiger charge is -2.09. The molecule has 0 saturated heterocycles. The van der Waals surface area contributed by atoms with Crippen LogP contribution < -0.4 is 5.32 Å². The Hall–Kier alpha value is -1.32. The minimum Gasteiger partial charge on any atom is -0.459 e. The van der Waals surface area contributed by atoms with Crippen molar-refractivity contribution < 1.29 is 8.81 Å². The third kappa shape index (κ3) is 2.57. The van der Waals surface area contributed by atoms with Crippen molar-refractivity contribution in [1.29, 1.82) is 0 Å². The van der Waals surface area contributed by atoms with E-state index in [0.29, 0.717) is 11.3 Å². The number of furan rings is 1. The van der Waals surface area contributed by atoms with Gasteiger partial charge in [-0.05, 0) is 43.8 Å². The molecule has 1 unspecified atom stereocenters. The molecule has 2 aromatic rings. The van der Waals surface area contributed by atoms with Gasteiger partial charge in [-0.25, -0.2) is 4.39 Å². The Morgan fingerprint density at radius 3 is 2.72 bits per heavy atom. The molecule has 0 fully saturated rings. The summed E-state index contributed by atoms with van der Waals surface area (Å²) in [5.74, 6) is 1.06. The van der Waals surface area contributed by atoms with E-state index in [1.54, 1.807) is 6.07 Å². The second-order valence-corrected chi connectivity index (χ2v) is 4.49. The van der Waals surface area contributed by atoms with Gasteiger partial charge in [0.15, 0.2) is 0 Å². The van der Waals surface area contributed by atoms with Crippen LogP contribution in [-0.4, -0.2) is 7.05 Å². The van der Waals surface area contributed by atoms with E-state index in [-0.39, 0.29) is 11.1 Å². The zero-order chi connectivity index (χ0) is 13.1. The first-order valence-corrected chi connectivity index (χ1v) is 6.26. The lowest BCUT2D eigenvalue weighted by molar-refractivity contribution is 0.431. The molecule has 18 heavy (non-hydrogen) atoms. The molecule has 0 spiro atoms. The number of hydrogen-bond donors (Lipinski definition) is 1. The van der Waals surface area contributed by atoms with Crippen LogP contribution in [0.15, 0.2) is 34.7 Å². The maximum atomic E-state index is 13.4. The molecule has 1 aromatic carbocycles. The fraction of sp³-hybridized carbons (Fsp3) is 0.286. The SMILES string of the molecule is CCC(NC)c1ccc(-c2ccc(Cl)c(F)c2)o1. The highest BCUT2D eigenvalue weighted by atomic mass is 35.5. The lowest BCUT2D eigenvalue weighted by Crippen LogP contribution is -2.14. The highest BCUT2D eigenvalue weighted by Crippen LogP contribution is 2.28. The van der Waals surface area contributed by atoms with Crippen LogP contribution in [0.4, 0.5) is 4.39 Å². The third-order valence-electron chi connectivity index (χ3n) is 2.93. The van der Waals surface area contributed by atoms with Gasteiger partial charge in [0.25, 0.3) is 0 Å². The Bertz CT molecular complexity index is 534. The van der Waals surface area contributed by atoms with Crippen LogP contribution in [0.5, 0.6) is 0 Å². The van der Waals surface area contributed by atoms with Gasteiger partial charge < -0.3 is 9.73 Å². The quantitative estimate of drug-likeness (QED) is 0.888. The van der Waals surface area contributed by atoms with E-state index in [2.05, 4.69) is 12.2 Å². The summed E-state index contributed by atoms with van der Waals surface area (Å²) in [5.41, 5.74) is 0.689. The predicted octanol–water partition coefficient (Wildman–Crippen LogP) is 4.41. The Morgan fingerprint density at radius 2 is 2.11 bits per heavy atom. The zero-order valence-electron chi connectivity index (χ0n) is 10.3. The second kappa shape index (κ2) is 5.55. The van der Waals surface area contributed by atoms with Crippen molar-refractivity contribution in [2.45, 2.75) is 19.4 Å². The van der Waals surface area contributed by atoms with Crippen LogP contribution in [0.1, 0.15) is 25.1 Å². The molecule has 2 rings (SSSR count). The maximum absolute atomic E-state index is 13.4. The number of hydrogen-bond acceptors (Lipinski definition) is 2. The molecule has 96 valence electrons. The predicted molar refractivity (Wildman–Crippen MR) is 71.2 cm³/mol. The van der Waals surface area contributed by atoms with Crippen molar-refractivity contribution in [1.82, 2.24) is 5.32 Å². The fourth-order valence-corrected chi connectivity index (χ4v) is 2.01. The molecule has 0 aliphatic heterocycles. The van der Waals surface area contributed by atoms with E-state index in [1.807, 2.05) is 19.2 Å². The summed E-state index contributed by atoms with van der Waals surface area (Å²) in [6.07, 6.45) is 0.929. The van der Waals surface area contributed by atoms with Crippen molar-refractivity contribution in [2.75, 3.05) is 7.05 Å². The van der Waals surface area contributed by atoms with Crippen LogP contribution in [0.25, 0.3) is 11.3 Å². The smallest absolute Gasteiger partial charge is 0.142 e. The summed E-state index contributed by atoms with van der Waals surface area (Å²) in [6.45, 7) is 2.07. The molecule has 0 amide bonds. The van der Waals surface area contributed by atoms with Crippen molar-refractivity contribution in [3.8, 4) is 11.3 Å². The minimum absolute atomic E-state index is 0.118. The first kappa shape index (κ1) is 13.1. The molecule has 4 heteroatoms. The van der Waals surface area contributed by atoms with Gasteiger partial charge in [0.1, 0.15) is 17.3 Å². The Balaban J connectivity index is 2.31. The van der Waals surface area contributed by atoms with Crippen molar-refractivity contribution in [3.05, 3.63) is 46.9 Å². The van der Waals surface area contributed by atoms with E-state index in [0.717, 1.165) is 12.2 Å². The monoisotopic (exact) mass is 267 g/mol. The molecule has 2 nitrogen and oxygen atoms in total. The highest BCUT2D eigenvalue weighted by Gasteiger charge is 2.13. The average Bonchev–Trinajstić information content (AvgIpc) is 2.84. The Kier molecular flexibility index (Phi) is 4.04. The Labute approximate surface area is 111 Å². The van der Waals surface area contributed by atoms with Gasteiger partial charge in [-0.3, -0.25) is 0 Å². The van der Waals surface area contributed by atoms with Gasteiger partial charge in [0, 0.05) is 5.56 Å². The van der Waals surface area contributed by atoms with Crippen LogP contribution in [0.2, 0.25) is 5.02 Å². The molecule has 0 saturated carbocycles. The van der Waals surface area contributed by atoms with Crippen LogP contribution in [0, 0.1) is 5.82 Å². The summed E-state index contributed by atoms with van der Waals surface area (Å²) in [4.78, 5) is 0. The molecule has 0 bridgehead atoms. The summed E-state index contributed by atoms with van der Waals surface area (Å²) in [7, 11) is 1.89. The maximum Gasteiger partial charge on any atom is 0.142 e. The zero-order valence-corrected chi connectivity index (χ0v) is 11.1. The van der Waals surface area contributed by atoms with Crippen LogP contribution >= 0.6 is 11.6 Å². The summed E-state index contributed by atoms with van der Waals surface area (Å²) >= 11 is 5.65. The standard InChI is InChI=1S/C14H15ClFNO/c1-3-12(17-2)14-7-6-13(18-14)9-4-5-10(15)11(16)8-9/h4-8,12,17H,3H2,1-2H3. The van der Waals surface area contributed by atoms with Crippen LogP contribution in [0.3, 0.4) is 0 Å². The largest absolute Gasteiger partial charge is 0.459 e. The van der Waals surface area contributed by atoms with E-state index < -0.39 is 5.82 Å². The molecular formula is C14H15ClFNO. The first-order valence-electron chi connectivity index (χ1n) is 5.88. The van der Waals surface area contributed by atoms with Crippen molar-refractivity contribution >= 4 is 11.6 Å². The number of rotatable bonds is 4. The molecule has 1 atom stereocenters. The van der Waals surface area contributed by atoms with E-state index >= 15 is 0 Å². The minimum atomic E-state index is -0.437. The highest BCUT2D eigenvalue weighted by molar-refractivity contribution is 6.30. The molecule has 0 aliphatic rings. The van der Waals surface area contributed by atoms with Gasteiger partial charge in [-0.15, -0.1) is 0 Å². The molecule has 1 aromatic heterocycles. The lowest BCUT2D eigenvalue weighted by atomic mass is 10.1. The first-order chi connectivity index (χ1) is 8.65. The fourth-order valence-electron chi connectivity index (χ4n) is 1.89. The van der Waals surface area contributed by atoms with E-state index in [4.69, 9.17) is 16.0 Å². The second-order valence-electron chi connectivity index (χ2n) is 4.08. The van der Waals surface area contributed by atoms with E-state index in [1.165, 1.54) is 12.1 Å². The van der Waals surface area contributed by atoms with Gasteiger partial charge >= 0.3 is 0 Å². The van der Waals surface area contributed by atoms with E-state index in [9.17, 15) is 4.39 Å². The van der Waals surface area contributed by atoms with Gasteiger partial charge in [-0.1, -0.05) is 18.5 Å². The summed E-state index contributed by atoms with van der Waals surface area (Å²) in [5, 5.41) is 3.28. The molecule has 0 aliphatic carbocycles. The average molecular weight is 268 g/mol. The summed E-state index contributed by atoms with van der Waals surface area (Å²) < 4.78 is 19.1. The normalized spacial score (nSPS) is 12.7. The molecule has 1 N–H and O–H groups in total.